The highest BCUT2D eigenvalue weighted by Crippen LogP contribution is 2.35. The molecular weight excluding hydrogens is 527 g/mol. The van der Waals surface area contributed by atoms with Crippen molar-refractivity contribution in [1.82, 2.24) is 5.32 Å². The molecule has 1 fully saturated rings. The summed E-state index contributed by atoms with van der Waals surface area (Å²) in [6.07, 6.45) is 1.55. The third-order valence-electron chi connectivity index (χ3n) is 4.64. The van der Waals surface area contributed by atoms with Crippen molar-refractivity contribution in [1.29, 1.82) is 0 Å². The molecule has 31 heavy (non-hydrogen) atoms. The fraction of sp³-hybridized carbons (Fsp3) is 0.261. The van der Waals surface area contributed by atoms with E-state index in [1.54, 1.807) is 12.1 Å². The van der Waals surface area contributed by atoms with E-state index in [1.165, 1.54) is 4.90 Å². The number of halogens is 1. The number of rotatable bonds is 6. The molecule has 0 aromatic heterocycles. The lowest BCUT2D eigenvalue weighted by molar-refractivity contribution is -0.122. The van der Waals surface area contributed by atoms with Gasteiger partial charge in [-0.05, 0) is 103 Å². The van der Waals surface area contributed by atoms with E-state index < -0.39 is 11.8 Å². The maximum absolute atomic E-state index is 13.3. The summed E-state index contributed by atoms with van der Waals surface area (Å²) >= 11 is 7.47. The molecule has 2 amide bonds. The predicted octanol–water partition coefficient (Wildman–Crippen LogP) is 4.54. The van der Waals surface area contributed by atoms with Crippen molar-refractivity contribution in [3.63, 3.8) is 0 Å². The number of hydrogen-bond donors (Lipinski definition) is 1. The predicted molar refractivity (Wildman–Crippen MR) is 134 cm³/mol. The molecule has 162 valence electrons. The van der Waals surface area contributed by atoms with Crippen LogP contribution >= 0.6 is 34.8 Å². The molecular formula is C23H23IN2O4S. The monoisotopic (exact) mass is 550 g/mol. The number of anilines is 1. The van der Waals surface area contributed by atoms with Gasteiger partial charge in [-0.15, -0.1) is 0 Å². The second kappa shape index (κ2) is 9.78. The summed E-state index contributed by atoms with van der Waals surface area (Å²) in [6.45, 7) is 8.58. The van der Waals surface area contributed by atoms with Crippen molar-refractivity contribution < 1.29 is 19.1 Å². The Labute approximate surface area is 200 Å². The Kier molecular flexibility index (Phi) is 7.32. The number of ether oxygens (including phenoxy) is 2. The summed E-state index contributed by atoms with van der Waals surface area (Å²) in [5, 5.41) is 2.70. The van der Waals surface area contributed by atoms with Gasteiger partial charge in [0.15, 0.2) is 16.6 Å². The molecule has 3 rings (SSSR count). The van der Waals surface area contributed by atoms with Crippen LogP contribution in [0.25, 0.3) is 6.08 Å². The standard InChI is InChI=1S/C23H23IN2O4S/c1-5-29-19-12-15(11-17(24)20(19)30-6-2)10-16-21(27)25-23(31)26(22(16)28)18-9-13(3)7-8-14(18)4/h7-12H,5-6H2,1-4H3,(H,25,27,31)/b16-10+. The minimum atomic E-state index is -0.529. The Morgan fingerprint density at radius 1 is 1.10 bits per heavy atom. The van der Waals surface area contributed by atoms with Crippen LogP contribution < -0.4 is 19.7 Å². The highest BCUT2D eigenvalue weighted by molar-refractivity contribution is 14.1. The fourth-order valence-corrected chi connectivity index (χ4v) is 4.28. The molecule has 0 bridgehead atoms. The van der Waals surface area contributed by atoms with E-state index in [0.29, 0.717) is 36.0 Å². The van der Waals surface area contributed by atoms with Crippen LogP contribution in [0.4, 0.5) is 5.69 Å². The number of hydrogen-bond acceptors (Lipinski definition) is 5. The van der Waals surface area contributed by atoms with Gasteiger partial charge >= 0.3 is 0 Å². The first-order chi connectivity index (χ1) is 14.8. The van der Waals surface area contributed by atoms with Crippen LogP contribution in [0.1, 0.15) is 30.5 Å². The zero-order valence-corrected chi connectivity index (χ0v) is 20.7. The van der Waals surface area contributed by atoms with E-state index in [1.807, 2.05) is 52.0 Å². The molecule has 2 aromatic carbocycles. The lowest BCUT2D eigenvalue weighted by Crippen LogP contribution is -2.54. The van der Waals surface area contributed by atoms with Crippen molar-refractivity contribution in [3.8, 4) is 11.5 Å². The SMILES string of the molecule is CCOc1cc(/C=C2\C(=O)NC(=S)N(c3cc(C)ccc3C)C2=O)cc(I)c1OCC. The Morgan fingerprint density at radius 2 is 1.81 bits per heavy atom. The number of benzene rings is 2. The lowest BCUT2D eigenvalue weighted by atomic mass is 10.0. The molecule has 6 nitrogen and oxygen atoms in total. The van der Waals surface area contributed by atoms with Gasteiger partial charge in [-0.3, -0.25) is 19.8 Å². The number of carbonyl (C=O) groups is 2. The van der Waals surface area contributed by atoms with Crippen LogP contribution in [0.15, 0.2) is 35.9 Å². The Hall–Kier alpha value is -2.46. The van der Waals surface area contributed by atoms with E-state index in [4.69, 9.17) is 21.7 Å². The second-order valence-electron chi connectivity index (χ2n) is 6.94. The fourth-order valence-electron chi connectivity index (χ4n) is 3.22. The molecule has 0 unspecified atom stereocenters. The number of nitrogens with one attached hydrogen (secondary N) is 1. The maximum Gasteiger partial charge on any atom is 0.270 e. The van der Waals surface area contributed by atoms with Gasteiger partial charge in [0.25, 0.3) is 11.8 Å². The van der Waals surface area contributed by atoms with Gasteiger partial charge < -0.3 is 9.47 Å². The van der Waals surface area contributed by atoms with Crippen molar-refractivity contribution >= 4 is 63.5 Å². The Bertz CT molecular complexity index is 1100. The molecule has 1 heterocycles. The van der Waals surface area contributed by atoms with Crippen LogP contribution in [0.2, 0.25) is 0 Å². The van der Waals surface area contributed by atoms with Gasteiger partial charge in [0.1, 0.15) is 5.57 Å². The summed E-state index contributed by atoms with van der Waals surface area (Å²) < 4.78 is 12.2. The van der Waals surface area contributed by atoms with Crippen molar-refractivity contribution in [3.05, 3.63) is 56.2 Å². The van der Waals surface area contributed by atoms with Crippen LogP contribution in [-0.2, 0) is 9.59 Å². The molecule has 1 aliphatic rings. The van der Waals surface area contributed by atoms with Gasteiger partial charge in [-0.1, -0.05) is 12.1 Å². The van der Waals surface area contributed by atoms with Crippen molar-refractivity contribution in [2.24, 2.45) is 0 Å². The Morgan fingerprint density at radius 3 is 2.48 bits per heavy atom. The highest BCUT2D eigenvalue weighted by Gasteiger charge is 2.35. The van der Waals surface area contributed by atoms with Gasteiger partial charge in [-0.2, -0.15) is 0 Å². The van der Waals surface area contributed by atoms with E-state index in [2.05, 4.69) is 27.9 Å². The molecule has 0 radical (unpaired) electrons. The first kappa shape index (κ1) is 23.2. The van der Waals surface area contributed by atoms with E-state index in [0.717, 1.165) is 14.7 Å². The quantitative estimate of drug-likeness (QED) is 0.248. The van der Waals surface area contributed by atoms with Crippen LogP contribution in [0.3, 0.4) is 0 Å². The molecule has 1 aliphatic heterocycles. The number of thiocarbonyl (C=S) groups is 1. The van der Waals surface area contributed by atoms with Crippen molar-refractivity contribution in [2.45, 2.75) is 27.7 Å². The molecule has 2 aromatic rings. The number of amides is 2. The summed E-state index contributed by atoms with van der Waals surface area (Å²) in [5.74, 6) is 0.209. The molecule has 1 saturated heterocycles. The van der Waals surface area contributed by atoms with Gasteiger partial charge in [0.05, 0.1) is 22.5 Å². The van der Waals surface area contributed by atoms with Crippen molar-refractivity contribution in [2.75, 3.05) is 18.1 Å². The topological polar surface area (TPSA) is 67.9 Å². The second-order valence-corrected chi connectivity index (χ2v) is 8.49. The first-order valence-corrected chi connectivity index (χ1v) is 11.3. The highest BCUT2D eigenvalue weighted by atomic mass is 127. The van der Waals surface area contributed by atoms with Gasteiger partial charge in [0, 0.05) is 0 Å². The Balaban J connectivity index is 2.07. The minimum absolute atomic E-state index is 0.00286. The van der Waals surface area contributed by atoms with E-state index in [9.17, 15) is 9.59 Å². The van der Waals surface area contributed by atoms with E-state index >= 15 is 0 Å². The van der Waals surface area contributed by atoms with Gasteiger partial charge in [-0.25, -0.2) is 0 Å². The molecule has 0 atom stereocenters. The zero-order valence-electron chi connectivity index (χ0n) is 17.7. The summed E-state index contributed by atoms with van der Waals surface area (Å²) in [7, 11) is 0. The molecule has 0 spiro atoms. The minimum Gasteiger partial charge on any atom is -0.490 e. The lowest BCUT2D eigenvalue weighted by Gasteiger charge is -2.30. The smallest absolute Gasteiger partial charge is 0.270 e. The van der Waals surface area contributed by atoms with Crippen LogP contribution in [0, 0.1) is 17.4 Å². The molecule has 0 aliphatic carbocycles. The van der Waals surface area contributed by atoms with Crippen LogP contribution in [0.5, 0.6) is 11.5 Å². The number of aryl methyl sites for hydroxylation is 2. The third kappa shape index (κ3) is 4.90. The molecule has 8 heteroatoms. The zero-order chi connectivity index (χ0) is 22.7. The number of carbonyl (C=O) groups excluding carboxylic acids is 2. The third-order valence-corrected chi connectivity index (χ3v) is 5.72. The average Bonchev–Trinajstić information content (AvgIpc) is 2.70. The first-order valence-electron chi connectivity index (χ1n) is 9.84. The van der Waals surface area contributed by atoms with Gasteiger partial charge in [0.2, 0.25) is 0 Å². The summed E-state index contributed by atoms with van der Waals surface area (Å²) in [6, 6.07) is 9.37. The summed E-state index contributed by atoms with van der Waals surface area (Å²) in [5.41, 5.74) is 3.17. The summed E-state index contributed by atoms with van der Waals surface area (Å²) in [4.78, 5) is 27.3. The molecule has 0 saturated carbocycles. The normalized spacial score (nSPS) is 15.3. The average molecular weight is 550 g/mol. The van der Waals surface area contributed by atoms with E-state index in [-0.39, 0.29) is 10.7 Å². The largest absolute Gasteiger partial charge is 0.490 e. The number of nitrogens with zero attached hydrogens (tertiary/aromatic N) is 1. The molecule has 1 N–H and O–H groups in total. The maximum atomic E-state index is 13.3. The van der Waals surface area contributed by atoms with Crippen LogP contribution in [-0.4, -0.2) is 30.1 Å².